The fourth-order valence-corrected chi connectivity index (χ4v) is 2.27. The zero-order chi connectivity index (χ0) is 13.2. The number of H-pyrrole nitrogens is 1. The van der Waals surface area contributed by atoms with Crippen molar-refractivity contribution in [3.05, 3.63) is 53.3 Å². The maximum atomic E-state index is 5.90. The van der Waals surface area contributed by atoms with Gasteiger partial charge in [-0.1, -0.05) is 29.8 Å². The van der Waals surface area contributed by atoms with E-state index in [0.717, 1.165) is 39.4 Å². The molecule has 0 spiro atoms. The average molecular weight is 272 g/mol. The summed E-state index contributed by atoms with van der Waals surface area (Å²) in [6.07, 6.45) is 0.769. The van der Waals surface area contributed by atoms with E-state index < -0.39 is 0 Å². The second-order valence-electron chi connectivity index (χ2n) is 4.46. The van der Waals surface area contributed by atoms with Gasteiger partial charge >= 0.3 is 0 Å². The van der Waals surface area contributed by atoms with Crippen LogP contribution in [0.25, 0.3) is 22.2 Å². The summed E-state index contributed by atoms with van der Waals surface area (Å²) in [5, 5.41) is 0.747. The molecule has 3 N–H and O–H groups in total. The van der Waals surface area contributed by atoms with Gasteiger partial charge in [-0.2, -0.15) is 0 Å². The van der Waals surface area contributed by atoms with E-state index in [9.17, 15) is 0 Å². The molecule has 0 unspecified atom stereocenters. The maximum absolute atomic E-state index is 5.90. The molecule has 0 bridgehead atoms. The molecule has 0 aliphatic carbocycles. The molecule has 3 nitrogen and oxygen atoms in total. The van der Waals surface area contributed by atoms with Gasteiger partial charge in [0.05, 0.1) is 11.0 Å². The second-order valence-corrected chi connectivity index (χ2v) is 4.90. The molecule has 3 aromatic rings. The van der Waals surface area contributed by atoms with E-state index in [1.54, 1.807) is 0 Å². The predicted octanol–water partition coefficient (Wildman–Crippen LogP) is 3.38. The van der Waals surface area contributed by atoms with Gasteiger partial charge in [0.25, 0.3) is 0 Å². The molecule has 0 aliphatic heterocycles. The van der Waals surface area contributed by atoms with Crippen molar-refractivity contribution in [2.24, 2.45) is 5.73 Å². The lowest BCUT2D eigenvalue weighted by molar-refractivity contribution is 0.900. The SMILES string of the molecule is NCCc1nc2ccc(-c3ccc(Cl)cc3)cc2[nH]1. The Hall–Kier alpha value is -1.84. The number of imidazole rings is 1. The maximum Gasteiger partial charge on any atom is 0.108 e. The lowest BCUT2D eigenvalue weighted by Gasteiger charge is -2.01. The predicted molar refractivity (Wildman–Crippen MR) is 79.3 cm³/mol. The summed E-state index contributed by atoms with van der Waals surface area (Å²) in [5.41, 5.74) is 9.84. The lowest BCUT2D eigenvalue weighted by atomic mass is 10.1. The number of fused-ring (bicyclic) bond motifs is 1. The molecular formula is C15H14ClN3. The molecule has 0 fully saturated rings. The van der Waals surface area contributed by atoms with Gasteiger partial charge in [0.1, 0.15) is 5.82 Å². The lowest BCUT2D eigenvalue weighted by Crippen LogP contribution is -2.03. The Morgan fingerprint density at radius 1 is 1.05 bits per heavy atom. The fraction of sp³-hybridized carbons (Fsp3) is 0.133. The minimum atomic E-state index is 0.601. The van der Waals surface area contributed by atoms with E-state index >= 15 is 0 Å². The van der Waals surface area contributed by atoms with Gasteiger partial charge in [0.15, 0.2) is 0 Å². The fourth-order valence-electron chi connectivity index (χ4n) is 2.14. The molecule has 1 heterocycles. The highest BCUT2D eigenvalue weighted by Crippen LogP contribution is 2.24. The molecule has 0 atom stereocenters. The first-order valence-electron chi connectivity index (χ1n) is 6.21. The van der Waals surface area contributed by atoms with E-state index in [4.69, 9.17) is 17.3 Å². The second kappa shape index (κ2) is 5.03. The molecule has 4 heteroatoms. The van der Waals surface area contributed by atoms with Crippen molar-refractivity contribution >= 4 is 22.6 Å². The number of aromatic nitrogens is 2. The van der Waals surface area contributed by atoms with E-state index in [1.807, 2.05) is 30.3 Å². The van der Waals surface area contributed by atoms with Crippen LogP contribution in [0.2, 0.25) is 5.02 Å². The largest absolute Gasteiger partial charge is 0.342 e. The smallest absolute Gasteiger partial charge is 0.108 e. The minimum Gasteiger partial charge on any atom is -0.342 e. The molecular weight excluding hydrogens is 258 g/mol. The van der Waals surface area contributed by atoms with Gasteiger partial charge in [-0.25, -0.2) is 4.98 Å². The monoisotopic (exact) mass is 271 g/mol. The van der Waals surface area contributed by atoms with Crippen LogP contribution in [-0.2, 0) is 6.42 Å². The van der Waals surface area contributed by atoms with Crippen LogP contribution in [0, 0.1) is 0 Å². The summed E-state index contributed by atoms with van der Waals surface area (Å²) in [4.78, 5) is 7.80. The van der Waals surface area contributed by atoms with Crippen LogP contribution in [0.5, 0.6) is 0 Å². The van der Waals surface area contributed by atoms with Crippen LogP contribution in [-0.4, -0.2) is 16.5 Å². The van der Waals surface area contributed by atoms with E-state index in [0.29, 0.717) is 6.54 Å². The summed E-state index contributed by atoms with van der Waals surface area (Å²) >= 11 is 5.90. The van der Waals surface area contributed by atoms with E-state index in [-0.39, 0.29) is 0 Å². The zero-order valence-electron chi connectivity index (χ0n) is 10.4. The van der Waals surface area contributed by atoms with Crippen molar-refractivity contribution in [1.29, 1.82) is 0 Å². The number of halogens is 1. The quantitative estimate of drug-likeness (QED) is 0.767. The number of hydrogen-bond donors (Lipinski definition) is 2. The molecule has 3 rings (SSSR count). The summed E-state index contributed by atoms with van der Waals surface area (Å²) in [6, 6.07) is 14.0. The number of rotatable bonds is 3. The molecule has 0 amide bonds. The first-order valence-corrected chi connectivity index (χ1v) is 6.59. The van der Waals surface area contributed by atoms with Gasteiger partial charge < -0.3 is 10.7 Å². The Labute approximate surface area is 116 Å². The molecule has 1 aromatic heterocycles. The number of nitrogens with zero attached hydrogens (tertiary/aromatic N) is 1. The summed E-state index contributed by atoms with van der Waals surface area (Å²) in [7, 11) is 0. The molecule has 0 saturated carbocycles. The Balaban J connectivity index is 2.03. The number of hydrogen-bond acceptors (Lipinski definition) is 2. The van der Waals surface area contributed by atoms with Crippen molar-refractivity contribution in [1.82, 2.24) is 9.97 Å². The highest BCUT2D eigenvalue weighted by Gasteiger charge is 2.04. The van der Waals surface area contributed by atoms with Gasteiger partial charge in [0, 0.05) is 11.4 Å². The molecule has 2 aromatic carbocycles. The third-order valence-electron chi connectivity index (χ3n) is 3.09. The summed E-state index contributed by atoms with van der Waals surface area (Å²) < 4.78 is 0. The van der Waals surface area contributed by atoms with Crippen LogP contribution >= 0.6 is 11.6 Å². The standard InChI is InChI=1S/C15H14ClN3/c16-12-4-1-10(2-5-12)11-3-6-13-14(9-11)19-15(18-13)7-8-17/h1-6,9H,7-8,17H2,(H,18,19). The van der Waals surface area contributed by atoms with Gasteiger partial charge in [-0.05, 0) is 41.9 Å². The minimum absolute atomic E-state index is 0.601. The number of nitrogens with one attached hydrogen (secondary N) is 1. The van der Waals surface area contributed by atoms with Crippen molar-refractivity contribution < 1.29 is 0 Å². The van der Waals surface area contributed by atoms with Crippen LogP contribution < -0.4 is 5.73 Å². The molecule has 0 saturated heterocycles. The first-order chi connectivity index (χ1) is 9.26. The number of nitrogens with two attached hydrogens (primary N) is 1. The van der Waals surface area contributed by atoms with Crippen molar-refractivity contribution in [3.63, 3.8) is 0 Å². The van der Waals surface area contributed by atoms with Crippen LogP contribution in [0.4, 0.5) is 0 Å². The molecule has 0 aliphatic rings. The van der Waals surface area contributed by atoms with E-state index in [1.165, 1.54) is 0 Å². The topological polar surface area (TPSA) is 54.7 Å². The summed E-state index contributed by atoms with van der Waals surface area (Å²) in [5.74, 6) is 0.936. The highest BCUT2D eigenvalue weighted by atomic mass is 35.5. The molecule has 96 valence electrons. The highest BCUT2D eigenvalue weighted by molar-refractivity contribution is 6.30. The third kappa shape index (κ3) is 2.48. The Bertz CT molecular complexity index is 701. The average Bonchev–Trinajstić information content (AvgIpc) is 2.81. The zero-order valence-corrected chi connectivity index (χ0v) is 11.1. The summed E-state index contributed by atoms with van der Waals surface area (Å²) in [6.45, 7) is 0.601. The number of benzene rings is 2. The molecule has 0 radical (unpaired) electrons. The normalized spacial score (nSPS) is 11.1. The van der Waals surface area contributed by atoms with Crippen molar-refractivity contribution in [2.45, 2.75) is 6.42 Å². The van der Waals surface area contributed by atoms with Gasteiger partial charge in [-0.15, -0.1) is 0 Å². The molecule has 19 heavy (non-hydrogen) atoms. The Kier molecular flexibility index (Phi) is 3.23. The first kappa shape index (κ1) is 12.2. The Morgan fingerprint density at radius 3 is 2.53 bits per heavy atom. The van der Waals surface area contributed by atoms with Gasteiger partial charge in [0.2, 0.25) is 0 Å². The van der Waals surface area contributed by atoms with Crippen molar-refractivity contribution in [2.75, 3.05) is 6.54 Å². The van der Waals surface area contributed by atoms with Crippen molar-refractivity contribution in [3.8, 4) is 11.1 Å². The third-order valence-corrected chi connectivity index (χ3v) is 3.34. The van der Waals surface area contributed by atoms with Crippen LogP contribution in [0.1, 0.15) is 5.82 Å². The van der Waals surface area contributed by atoms with Crippen LogP contribution in [0.15, 0.2) is 42.5 Å². The van der Waals surface area contributed by atoms with Gasteiger partial charge in [-0.3, -0.25) is 0 Å². The van der Waals surface area contributed by atoms with Crippen LogP contribution in [0.3, 0.4) is 0 Å². The Morgan fingerprint density at radius 2 is 1.79 bits per heavy atom. The number of aromatic amines is 1. The van der Waals surface area contributed by atoms with E-state index in [2.05, 4.69) is 22.1 Å².